The van der Waals surface area contributed by atoms with Gasteiger partial charge in [-0.15, -0.1) is 0 Å². The highest BCUT2D eigenvalue weighted by molar-refractivity contribution is 6.30. The van der Waals surface area contributed by atoms with Gasteiger partial charge in [-0.25, -0.2) is 5.43 Å². The minimum atomic E-state index is -0.458. The molecule has 0 unspecified atom stereocenters. The summed E-state index contributed by atoms with van der Waals surface area (Å²) in [7, 11) is 0. The Hall–Kier alpha value is -2.86. The van der Waals surface area contributed by atoms with Crippen molar-refractivity contribution in [3.05, 3.63) is 64.7 Å². The largest absolute Gasteiger partial charge is 0.489 e. The number of rotatable bonds is 9. The first kappa shape index (κ1) is 21.4. The molecule has 0 saturated heterocycles. The lowest BCUT2D eigenvalue weighted by Crippen LogP contribution is -2.32. The van der Waals surface area contributed by atoms with Crippen molar-refractivity contribution in [2.45, 2.75) is 26.9 Å². The van der Waals surface area contributed by atoms with Crippen LogP contribution in [0, 0.1) is 5.92 Å². The number of nitrogens with one attached hydrogen (secondary N) is 2. The van der Waals surface area contributed by atoms with Gasteiger partial charge >= 0.3 is 0 Å². The third-order valence-electron chi connectivity index (χ3n) is 3.63. The number of hydrogen-bond acceptors (Lipinski definition) is 4. The second-order valence-corrected chi connectivity index (χ2v) is 7.09. The Balaban J connectivity index is 1.74. The normalized spacial score (nSPS) is 10.9. The maximum Gasteiger partial charge on any atom is 0.249 e. The number of ether oxygens (including phenoxy) is 1. The van der Waals surface area contributed by atoms with E-state index in [0.29, 0.717) is 24.1 Å². The molecule has 148 valence electrons. The molecule has 28 heavy (non-hydrogen) atoms. The highest BCUT2D eigenvalue weighted by atomic mass is 35.5. The monoisotopic (exact) mass is 401 g/mol. The topological polar surface area (TPSA) is 79.8 Å². The molecule has 6 nitrogen and oxygen atoms in total. The second-order valence-electron chi connectivity index (χ2n) is 6.65. The molecule has 0 heterocycles. The van der Waals surface area contributed by atoms with Crippen LogP contribution in [0.4, 0.5) is 0 Å². The summed E-state index contributed by atoms with van der Waals surface area (Å²) in [6.45, 7) is 4.96. The molecule has 2 aromatic carbocycles. The number of hydrogen-bond donors (Lipinski definition) is 2. The van der Waals surface area contributed by atoms with E-state index in [2.05, 4.69) is 15.8 Å². The van der Waals surface area contributed by atoms with Crippen LogP contribution in [0.15, 0.2) is 53.6 Å². The van der Waals surface area contributed by atoms with Crippen LogP contribution in [0.5, 0.6) is 5.75 Å². The van der Waals surface area contributed by atoms with Crippen molar-refractivity contribution in [2.24, 2.45) is 11.0 Å². The first-order chi connectivity index (χ1) is 13.4. The zero-order chi connectivity index (χ0) is 20.4. The summed E-state index contributed by atoms with van der Waals surface area (Å²) >= 11 is 5.86. The molecule has 2 N–H and O–H groups in total. The van der Waals surface area contributed by atoms with Crippen LogP contribution < -0.4 is 15.5 Å². The van der Waals surface area contributed by atoms with Crippen molar-refractivity contribution < 1.29 is 14.3 Å². The van der Waals surface area contributed by atoms with Gasteiger partial charge in [-0.3, -0.25) is 9.59 Å². The lowest BCUT2D eigenvalue weighted by atomic mass is 10.2. The van der Waals surface area contributed by atoms with Gasteiger partial charge < -0.3 is 10.1 Å². The van der Waals surface area contributed by atoms with Gasteiger partial charge in [0.2, 0.25) is 11.8 Å². The molecule has 0 saturated carbocycles. The van der Waals surface area contributed by atoms with Crippen molar-refractivity contribution in [3.8, 4) is 5.75 Å². The Morgan fingerprint density at radius 3 is 2.39 bits per heavy atom. The molecule has 2 rings (SSSR count). The quantitative estimate of drug-likeness (QED) is 0.383. The van der Waals surface area contributed by atoms with Crippen LogP contribution >= 0.6 is 11.6 Å². The SMILES string of the molecule is CC(C)CNC(=O)CC(=O)NN=Cc1ccc(OCc2ccc(Cl)cc2)cc1. The van der Waals surface area contributed by atoms with Crippen molar-refractivity contribution in [3.63, 3.8) is 0 Å². The van der Waals surface area contributed by atoms with Gasteiger partial charge in [0.15, 0.2) is 0 Å². The van der Waals surface area contributed by atoms with Crippen LogP contribution in [0.3, 0.4) is 0 Å². The van der Waals surface area contributed by atoms with Crippen molar-refractivity contribution >= 4 is 29.6 Å². The summed E-state index contributed by atoms with van der Waals surface area (Å²) in [5.41, 5.74) is 4.16. The number of carbonyl (C=O) groups excluding carboxylic acids is 2. The zero-order valence-corrected chi connectivity index (χ0v) is 16.7. The molecule has 0 fully saturated rings. The predicted molar refractivity (Wildman–Crippen MR) is 110 cm³/mol. The van der Waals surface area contributed by atoms with E-state index in [1.54, 1.807) is 0 Å². The summed E-state index contributed by atoms with van der Waals surface area (Å²) in [6, 6.07) is 14.7. The van der Waals surface area contributed by atoms with Crippen LogP contribution in [0.1, 0.15) is 31.4 Å². The number of nitrogens with zero attached hydrogens (tertiary/aromatic N) is 1. The molecule has 0 radical (unpaired) electrons. The number of halogens is 1. The minimum Gasteiger partial charge on any atom is -0.489 e. The molecule has 0 aliphatic carbocycles. The van der Waals surface area contributed by atoms with E-state index in [4.69, 9.17) is 16.3 Å². The highest BCUT2D eigenvalue weighted by Gasteiger charge is 2.08. The first-order valence-corrected chi connectivity index (χ1v) is 9.36. The van der Waals surface area contributed by atoms with E-state index in [1.807, 2.05) is 62.4 Å². The Kier molecular flexibility index (Phi) is 8.49. The number of amides is 2. The number of carbonyl (C=O) groups is 2. The summed E-state index contributed by atoms with van der Waals surface area (Å²) in [5, 5.41) is 7.24. The molecular weight excluding hydrogens is 378 g/mol. The lowest BCUT2D eigenvalue weighted by Gasteiger charge is -2.07. The molecule has 0 aliphatic heterocycles. The zero-order valence-electron chi connectivity index (χ0n) is 15.9. The summed E-state index contributed by atoms with van der Waals surface area (Å²) in [6.07, 6.45) is 1.26. The average molecular weight is 402 g/mol. The summed E-state index contributed by atoms with van der Waals surface area (Å²) < 4.78 is 5.71. The number of benzene rings is 2. The Labute approximate surface area is 169 Å². The second kappa shape index (κ2) is 11.1. The van der Waals surface area contributed by atoms with Crippen molar-refractivity contribution in [1.29, 1.82) is 0 Å². The van der Waals surface area contributed by atoms with Crippen LogP contribution in [0.25, 0.3) is 0 Å². The molecule has 0 spiro atoms. The standard InChI is InChI=1S/C21H24ClN3O3/c1-15(2)12-23-20(26)11-21(27)25-24-13-16-5-9-19(10-6-16)28-14-17-3-7-18(22)8-4-17/h3-10,13,15H,11-12,14H2,1-2H3,(H,23,26)(H,25,27). The fraction of sp³-hybridized carbons (Fsp3) is 0.286. The smallest absolute Gasteiger partial charge is 0.249 e. The van der Waals surface area contributed by atoms with E-state index in [9.17, 15) is 9.59 Å². The van der Waals surface area contributed by atoms with Gasteiger partial charge in [0, 0.05) is 11.6 Å². The van der Waals surface area contributed by atoms with Gasteiger partial charge in [0.1, 0.15) is 18.8 Å². The van der Waals surface area contributed by atoms with E-state index < -0.39 is 5.91 Å². The number of hydrazone groups is 1. The fourth-order valence-electron chi connectivity index (χ4n) is 2.14. The Bertz CT molecular complexity index is 803. The van der Waals surface area contributed by atoms with Gasteiger partial charge in [0.25, 0.3) is 0 Å². The maximum absolute atomic E-state index is 11.7. The van der Waals surface area contributed by atoms with E-state index in [-0.39, 0.29) is 12.3 Å². The Morgan fingerprint density at radius 2 is 1.75 bits per heavy atom. The summed E-state index contributed by atoms with van der Waals surface area (Å²) in [5.74, 6) is 0.283. The molecule has 7 heteroatoms. The lowest BCUT2D eigenvalue weighted by molar-refractivity contribution is -0.129. The van der Waals surface area contributed by atoms with E-state index in [0.717, 1.165) is 16.9 Å². The maximum atomic E-state index is 11.7. The Morgan fingerprint density at radius 1 is 1.07 bits per heavy atom. The van der Waals surface area contributed by atoms with Gasteiger partial charge in [-0.2, -0.15) is 5.10 Å². The predicted octanol–water partition coefficient (Wildman–Crippen LogP) is 3.53. The van der Waals surface area contributed by atoms with Crippen LogP contribution in [-0.4, -0.2) is 24.6 Å². The minimum absolute atomic E-state index is 0.248. The molecule has 0 bridgehead atoms. The molecule has 0 atom stereocenters. The van der Waals surface area contributed by atoms with Crippen LogP contribution in [0.2, 0.25) is 5.02 Å². The average Bonchev–Trinajstić information content (AvgIpc) is 2.67. The highest BCUT2D eigenvalue weighted by Crippen LogP contribution is 2.15. The van der Waals surface area contributed by atoms with Crippen LogP contribution in [-0.2, 0) is 16.2 Å². The molecular formula is C21H24ClN3O3. The van der Waals surface area contributed by atoms with Crippen molar-refractivity contribution in [1.82, 2.24) is 10.7 Å². The van der Waals surface area contributed by atoms with E-state index in [1.165, 1.54) is 6.21 Å². The molecule has 0 aromatic heterocycles. The van der Waals surface area contributed by atoms with Gasteiger partial charge in [-0.1, -0.05) is 37.6 Å². The first-order valence-electron chi connectivity index (χ1n) is 8.98. The molecule has 0 aliphatic rings. The summed E-state index contributed by atoms with van der Waals surface area (Å²) in [4.78, 5) is 23.2. The van der Waals surface area contributed by atoms with E-state index >= 15 is 0 Å². The third kappa shape index (κ3) is 8.22. The third-order valence-corrected chi connectivity index (χ3v) is 3.88. The van der Waals surface area contributed by atoms with Gasteiger partial charge in [0.05, 0.1) is 6.21 Å². The fourth-order valence-corrected chi connectivity index (χ4v) is 2.27. The molecule has 2 aromatic rings. The molecule has 2 amide bonds. The van der Waals surface area contributed by atoms with Crippen molar-refractivity contribution in [2.75, 3.05) is 6.54 Å². The van der Waals surface area contributed by atoms with Gasteiger partial charge in [-0.05, 0) is 53.4 Å².